The van der Waals surface area contributed by atoms with Crippen molar-refractivity contribution < 1.29 is 13.9 Å². The van der Waals surface area contributed by atoms with Gasteiger partial charge in [0.05, 0.1) is 0 Å². The van der Waals surface area contributed by atoms with Crippen LogP contribution >= 0.6 is 0 Å². The van der Waals surface area contributed by atoms with Gasteiger partial charge in [0.2, 0.25) is 0 Å². The molecule has 0 aromatic heterocycles. The molecule has 2 aliphatic rings. The van der Waals surface area contributed by atoms with Gasteiger partial charge in [-0.25, -0.2) is 8.78 Å². The van der Waals surface area contributed by atoms with Crippen LogP contribution in [0.1, 0.15) is 88.2 Å². The van der Waals surface area contributed by atoms with E-state index in [0.29, 0.717) is 5.92 Å². The fourth-order valence-corrected chi connectivity index (χ4v) is 5.97. The van der Waals surface area contributed by atoms with Crippen LogP contribution in [0.3, 0.4) is 0 Å². The zero-order valence-electron chi connectivity index (χ0n) is 18.6. The van der Waals surface area contributed by atoms with Crippen molar-refractivity contribution in [2.45, 2.75) is 89.9 Å². The molecule has 0 aliphatic heterocycles. The average molecular weight is 419 g/mol. The molecule has 2 aliphatic carbocycles. The van der Waals surface area contributed by atoms with Gasteiger partial charge >= 0.3 is 0 Å². The van der Waals surface area contributed by atoms with E-state index in [2.05, 4.69) is 6.58 Å². The molecule has 0 bridgehead atoms. The van der Waals surface area contributed by atoms with E-state index in [1.807, 2.05) is 6.08 Å². The van der Waals surface area contributed by atoms with Crippen molar-refractivity contribution in [3.63, 3.8) is 0 Å². The van der Waals surface area contributed by atoms with Gasteiger partial charge in [0, 0.05) is 18.6 Å². The van der Waals surface area contributed by atoms with E-state index in [1.54, 1.807) is 0 Å². The van der Waals surface area contributed by atoms with Crippen LogP contribution in [0.25, 0.3) is 0 Å². The fourth-order valence-electron chi connectivity index (χ4n) is 5.97. The van der Waals surface area contributed by atoms with Gasteiger partial charge in [-0.1, -0.05) is 38.2 Å². The molecule has 0 radical (unpaired) electrons. The van der Waals surface area contributed by atoms with Crippen molar-refractivity contribution in [1.82, 2.24) is 0 Å². The second-order valence-corrected chi connectivity index (χ2v) is 9.83. The summed E-state index contributed by atoms with van der Waals surface area (Å²) in [5.74, 6) is 2.46. The summed E-state index contributed by atoms with van der Waals surface area (Å²) in [5, 5.41) is 8.95. The van der Waals surface area contributed by atoms with Gasteiger partial charge in [-0.3, -0.25) is 0 Å². The molecule has 168 valence electrons. The van der Waals surface area contributed by atoms with Crippen molar-refractivity contribution in [3.05, 3.63) is 47.5 Å². The number of benzene rings is 1. The van der Waals surface area contributed by atoms with Crippen LogP contribution in [-0.2, 0) is 12.8 Å². The SMILES string of the molecule is C=CCCCC1CCC(C2CCC(CCc3cc(F)c(CCO)c(F)c3)CC2)CC1. The Bertz CT molecular complexity index is 632. The fraction of sp³-hybridized carbons (Fsp3) is 0.704. The van der Waals surface area contributed by atoms with Gasteiger partial charge in [-0.2, -0.15) is 0 Å². The van der Waals surface area contributed by atoms with Crippen LogP contribution in [0, 0.1) is 35.3 Å². The van der Waals surface area contributed by atoms with E-state index in [0.717, 1.165) is 42.6 Å². The average Bonchev–Trinajstić information content (AvgIpc) is 2.76. The van der Waals surface area contributed by atoms with Crippen molar-refractivity contribution >= 4 is 0 Å². The summed E-state index contributed by atoms with van der Waals surface area (Å²) >= 11 is 0. The number of allylic oxidation sites excluding steroid dienone is 1. The van der Waals surface area contributed by atoms with Crippen LogP contribution in [-0.4, -0.2) is 11.7 Å². The number of aliphatic hydroxyl groups is 1. The minimum absolute atomic E-state index is 0.0113. The lowest BCUT2D eigenvalue weighted by Crippen LogP contribution is -2.26. The zero-order valence-corrected chi connectivity index (χ0v) is 18.6. The molecule has 0 atom stereocenters. The number of hydrogen-bond acceptors (Lipinski definition) is 1. The summed E-state index contributed by atoms with van der Waals surface area (Å²) in [6.45, 7) is 3.60. The predicted octanol–water partition coefficient (Wildman–Crippen LogP) is 7.40. The first kappa shape index (κ1) is 23.4. The number of halogens is 2. The molecular formula is C27H40F2O. The molecule has 0 saturated heterocycles. The number of hydrogen-bond donors (Lipinski definition) is 1. The third-order valence-corrected chi connectivity index (χ3v) is 7.87. The maximum absolute atomic E-state index is 14.1. The quantitative estimate of drug-likeness (QED) is 0.310. The molecule has 2 fully saturated rings. The Morgan fingerprint density at radius 3 is 1.87 bits per heavy atom. The largest absolute Gasteiger partial charge is 0.396 e. The molecule has 30 heavy (non-hydrogen) atoms. The zero-order chi connectivity index (χ0) is 21.3. The Kier molecular flexibility index (Phi) is 9.36. The third-order valence-electron chi connectivity index (χ3n) is 7.87. The third kappa shape index (κ3) is 6.64. The Hall–Kier alpha value is -1.22. The molecule has 1 N–H and O–H groups in total. The first-order chi connectivity index (χ1) is 14.6. The highest BCUT2D eigenvalue weighted by molar-refractivity contribution is 5.26. The summed E-state index contributed by atoms with van der Waals surface area (Å²) in [6.07, 6.45) is 18.6. The molecule has 0 unspecified atom stereocenters. The number of unbranched alkanes of at least 4 members (excludes halogenated alkanes) is 1. The lowest BCUT2D eigenvalue weighted by Gasteiger charge is -2.38. The van der Waals surface area contributed by atoms with Gasteiger partial charge in [0.25, 0.3) is 0 Å². The van der Waals surface area contributed by atoms with E-state index >= 15 is 0 Å². The maximum Gasteiger partial charge on any atom is 0.129 e. The summed E-state index contributed by atoms with van der Waals surface area (Å²) in [5.41, 5.74) is 0.765. The second-order valence-electron chi connectivity index (χ2n) is 9.83. The standard InChI is InChI=1S/C27H40F2O/c1-2-3-4-5-20-8-12-23(13-9-20)24-14-10-21(11-15-24)6-7-22-18-26(28)25(16-17-30)27(29)19-22/h2,18-21,23-24,30H,1,3-17H2. The molecule has 3 rings (SSSR count). The van der Waals surface area contributed by atoms with Crippen molar-refractivity contribution in [2.24, 2.45) is 23.7 Å². The van der Waals surface area contributed by atoms with E-state index in [4.69, 9.17) is 5.11 Å². The van der Waals surface area contributed by atoms with Crippen LogP contribution in [0.4, 0.5) is 8.78 Å². The van der Waals surface area contributed by atoms with E-state index < -0.39 is 11.6 Å². The van der Waals surface area contributed by atoms with Gasteiger partial charge in [-0.15, -0.1) is 6.58 Å². The maximum atomic E-state index is 14.1. The predicted molar refractivity (Wildman–Crippen MR) is 120 cm³/mol. The molecule has 2 saturated carbocycles. The molecule has 3 heteroatoms. The summed E-state index contributed by atoms with van der Waals surface area (Å²) in [6, 6.07) is 2.93. The molecule has 0 heterocycles. The molecule has 0 amide bonds. The Balaban J connectivity index is 1.38. The van der Waals surface area contributed by atoms with Gasteiger partial charge in [0.1, 0.15) is 11.6 Å². The topological polar surface area (TPSA) is 20.2 Å². The summed E-state index contributed by atoms with van der Waals surface area (Å²) in [7, 11) is 0. The van der Waals surface area contributed by atoms with Crippen LogP contribution in [0.15, 0.2) is 24.8 Å². The van der Waals surface area contributed by atoms with Crippen LogP contribution in [0.2, 0.25) is 0 Å². The van der Waals surface area contributed by atoms with Gasteiger partial charge < -0.3 is 5.11 Å². The molecule has 1 aromatic carbocycles. The number of aliphatic hydroxyl groups excluding tert-OH is 1. The normalized spacial score (nSPS) is 27.2. The summed E-state index contributed by atoms with van der Waals surface area (Å²) in [4.78, 5) is 0. The first-order valence-corrected chi connectivity index (χ1v) is 12.3. The lowest BCUT2D eigenvalue weighted by molar-refractivity contribution is 0.141. The Morgan fingerprint density at radius 1 is 0.833 bits per heavy atom. The van der Waals surface area contributed by atoms with E-state index in [1.165, 1.54) is 76.3 Å². The molecule has 0 spiro atoms. The monoisotopic (exact) mass is 418 g/mol. The highest BCUT2D eigenvalue weighted by Crippen LogP contribution is 2.43. The Labute approximate surface area is 182 Å². The first-order valence-electron chi connectivity index (χ1n) is 12.3. The molecule has 1 aromatic rings. The Morgan fingerprint density at radius 2 is 1.37 bits per heavy atom. The number of aryl methyl sites for hydroxylation is 1. The second kappa shape index (κ2) is 12.0. The van der Waals surface area contributed by atoms with Gasteiger partial charge in [0.15, 0.2) is 0 Å². The van der Waals surface area contributed by atoms with Crippen LogP contribution < -0.4 is 0 Å². The van der Waals surface area contributed by atoms with E-state index in [-0.39, 0.29) is 18.6 Å². The summed E-state index contributed by atoms with van der Waals surface area (Å²) < 4.78 is 28.2. The smallest absolute Gasteiger partial charge is 0.129 e. The van der Waals surface area contributed by atoms with Crippen LogP contribution in [0.5, 0.6) is 0 Å². The highest BCUT2D eigenvalue weighted by Gasteiger charge is 2.30. The van der Waals surface area contributed by atoms with Crippen molar-refractivity contribution in [2.75, 3.05) is 6.61 Å². The molecule has 1 nitrogen and oxygen atoms in total. The van der Waals surface area contributed by atoms with Crippen molar-refractivity contribution in [1.29, 1.82) is 0 Å². The number of rotatable bonds is 10. The molecular weight excluding hydrogens is 378 g/mol. The highest BCUT2D eigenvalue weighted by atomic mass is 19.1. The van der Waals surface area contributed by atoms with Crippen molar-refractivity contribution in [3.8, 4) is 0 Å². The van der Waals surface area contributed by atoms with E-state index in [9.17, 15) is 8.78 Å². The lowest BCUT2D eigenvalue weighted by atomic mass is 9.68. The minimum atomic E-state index is -0.511. The van der Waals surface area contributed by atoms with Gasteiger partial charge in [-0.05, 0) is 92.7 Å². The minimum Gasteiger partial charge on any atom is -0.396 e.